The average Bonchev–Trinajstić information content (AvgIpc) is 2.80. The molecule has 3 rings (SSSR count). The predicted molar refractivity (Wildman–Crippen MR) is 107 cm³/mol. The lowest BCUT2D eigenvalue weighted by Gasteiger charge is -2.20. The standard InChI is InChI=1S/C22H15O7P/c23-19(16-10-4-1-5-11-16)27-22(30-26,28-20(24)17-12-6-2-7-13-17)29-21(25)18-14-8-3-9-15-18/h1-15H/p+1. The molecule has 0 radical (unpaired) electrons. The SMILES string of the molecule is O=[PH+]C(OC(=O)c1ccccc1)(OC(=O)c1ccccc1)OC(=O)c1ccccc1. The largest absolute Gasteiger partial charge is 0.637 e. The molecule has 0 amide bonds. The van der Waals surface area contributed by atoms with Gasteiger partial charge in [0.15, 0.2) is 0 Å². The van der Waals surface area contributed by atoms with Gasteiger partial charge >= 0.3 is 32.1 Å². The van der Waals surface area contributed by atoms with Gasteiger partial charge < -0.3 is 14.2 Å². The van der Waals surface area contributed by atoms with Crippen molar-refractivity contribution >= 4 is 26.4 Å². The van der Waals surface area contributed by atoms with Crippen LogP contribution in [-0.2, 0) is 18.8 Å². The van der Waals surface area contributed by atoms with E-state index in [2.05, 4.69) is 0 Å². The molecule has 0 fully saturated rings. The molecular formula is C22H16O7P+. The zero-order valence-electron chi connectivity index (χ0n) is 15.5. The molecular weight excluding hydrogens is 407 g/mol. The van der Waals surface area contributed by atoms with Crippen LogP contribution in [0.4, 0.5) is 0 Å². The van der Waals surface area contributed by atoms with E-state index in [4.69, 9.17) is 14.2 Å². The third-order valence-electron chi connectivity index (χ3n) is 3.83. The van der Waals surface area contributed by atoms with Crippen LogP contribution in [0, 0.1) is 0 Å². The average molecular weight is 423 g/mol. The van der Waals surface area contributed by atoms with Crippen LogP contribution in [0.15, 0.2) is 91.0 Å². The summed E-state index contributed by atoms with van der Waals surface area (Å²) in [6, 6.07) is 23.2. The lowest BCUT2D eigenvalue weighted by Crippen LogP contribution is -2.39. The highest BCUT2D eigenvalue weighted by atomic mass is 31.1. The van der Waals surface area contributed by atoms with Crippen LogP contribution in [0.5, 0.6) is 0 Å². The van der Waals surface area contributed by atoms with Crippen molar-refractivity contribution < 1.29 is 33.2 Å². The Kier molecular flexibility index (Phi) is 6.67. The van der Waals surface area contributed by atoms with Crippen molar-refractivity contribution in [3.8, 4) is 0 Å². The first kappa shape index (κ1) is 20.9. The summed E-state index contributed by atoms with van der Waals surface area (Å²) in [4.78, 5) is 37.5. The number of ether oxygens (including phenoxy) is 3. The fraction of sp³-hybridized carbons (Fsp3) is 0.0455. The number of benzene rings is 3. The maximum Gasteiger partial charge on any atom is 0.637 e. The highest BCUT2D eigenvalue weighted by molar-refractivity contribution is 7.25. The maximum atomic E-state index is 12.5. The fourth-order valence-electron chi connectivity index (χ4n) is 2.39. The third-order valence-corrected chi connectivity index (χ3v) is 4.39. The molecule has 0 saturated heterocycles. The number of esters is 3. The normalized spacial score (nSPS) is 10.8. The summed E-state index contributed by atoms with van der Waals surface area (Å²) in [6.45, 7) is 0. The van der Waals surface area contributed by atoms with Gasteiger partial charge in [-0.05, 0) is 36.4 Å². The van der Waals surface area contributed by atoms with Gasteiger partial charge in [0.1, 0.15) is 0 Å². The van der Waals surface area contributed by atoms with E-state index in [1.807, 2.05) is 0 Å². The zero-order valence-corrected chi connectivity index (χ0v) is 16.5. The monoisotopic (exact) mass is 423 g/mol. The summed E-state index contributed by atoms with van der Waals surface area (Å²) < 4.78 is 27.4. The van der Waals surface area contributed by atoms with Crippen LogP contribution >= 0.6 is 8.46 Å². The highest BCUT2D eigenvalue weighted by Crippen LogP contribution is 2.32. The van der Waals surface area contributed by atoms with E-state index in [1.165, 1.54) is 36.4 Å². The van der Waals surface area contributed by atoms with Gasteiger partial charge in [0.05, 0.1) is 16.7 Å². The van der Waals surface area contributed by atoms with Crippen molar-refractivity contribution in [2.45, 2.75) is 5.71 Å². The minimum Gasteiger partial charge on any atom is -0.343 e. The van der Waals surface area contributed by atoms with Crippen LogP contribution in [0.2, 0.25) is 0 Å². The molecule has 0 heterocycles. The van der Waals surface area contributed by atoms with Crippen molar-refractivity contribution in [1.29, 1.82) is 0 Å². The summed E-state index contributed by atoms with van der Waals surface area (Å²) in [5, 5.41) is 0. The van der Waals surface area contributed by atoms with E-state index in [1.54, 1.807) is 54.6 Å². The first-order valence-corrected chi connectivity index (χ1v) is 9.68. The molecule has 0 aliphatic carbocycles. The molecule has 1 unspecified atom stereocenters. The molecule has 7 nitrogen and oxygen atoms in total. The van der Waals surface area contributed by atoms with Crippen molar-refractivity contribution in [2.75, 3.05) is 0 Å². The molecule has 0 spiro atoms. The van der Waals surface area contributed by atoms with E-state index in [0.717, 1.165) is 0 Å². The van der Waals surface area contributed by atoms with Crippen molar-refractivity contribution in [1.82, 2.24) is 0 Å². The van der Waals surface area contributed by atoms with E-state index >= 15 is 0 Å². The van der Waals surface area contributed by atoms with Gasteiger partial charge in [0.2, 0.25) is 0 Å². The van der Waals surface area contributed by atoms with Gasteiger partial charge in [-0.2, -0.15) is 0 Å². The number of carbonyl (C=O) groups is 3. The molecule has 0 saturated carbocycles. The Balaban J connectivity index is 1.91. The van der Waals surface area contributed by atoms with Crippen LogP contribution in [0.3, 0.4) is 0 Å². The van der Waals surface area contributed by atoms with E-state index in [-0.39, 0.29) is 16.7 Å². The van der Waals surface area contributed by atoms with Gasteiger partial charge in [0.25, 0.3) is 0 Å². The molecule has 0 N–H and O–H groups in total. The predicted octanol–water partition coefficient (Wildman–Crippen LogP) is 4.19. The van der Waals surface area contributed by atoms with Gasteiger partial charge in [-0.25, -0.2) is 14.4 Å². The molecule has 0 aliphatic rings. The van der Waals surface area contributed by atoms with Crippen LogP contribution in [0.1, 0.15) is 31.1 Å². The first-order valence-electron chi connectivity index (χ1n) is 8.77. The quantitative estimate of drug-likeness (QED) is 0.319. The summed E-state index contributed by atoms with van der Waals surface area (Å²) in [5.74, 6) is -2.96. The minimum atomic E-state index is -2.76. The molecule has 30 heavy (non-hydrogen) atoms. The molecule has 3 aromatic carbocycles. The molecule has 150 valence electrons. The second-order valence-corrected chi connectivity index (χ2v) is 6.74. The maximum absolute atomic E-state index is 12.5. The Bertz CT molecular complexity index is 907. The molecule has 1 atom stereocenters. The second kappa shape index (κ2) is 9.58. The Morgan fingerprint density at radius 3 is 1.03 bits per heavy atom. The molecule has 0 aromatic heterocycles. The van der Waals surface area contributed by atoms with Gasteiger partial charge in [-0.15, -0.1) is 0 Å². The summed E-state index contributed by atoms with van der Waals surface area (Å²) >= 11 is 0. The van der Waals surface area contributed by atoms with Crippen LogP contribution in [-0.4, -0.2) is 23.6 Å². The van der Waals surface area contributed by atoms with E-state index in [9.17, 15) is 18.9 Å². The Hall–Kier alpha value is -3.83. The number of hydrogen-bond acceptors (Lipinski definition) is 7. The number of hydrogen-bond donors (Lipinski definition) is 0. The molecule has 0 aliphatic heterocycles. The van der Waals surface area contributed by atoms with Crippen molar-refractivity contribution in [3.63, 3.8) is 0 Å². The molecule has 3 aromatic rings. The van der Waals surface area contributed by atoms with E-state index in [0.29, 0.717) is 0 Å². The second-order valence-electron chi connectivity index (χ2n) is 5.92. The lowest BCUT2D eigenvalue weighted by atomic mass is 10.2. The van der Waals surface area contributed by atoms with Crippen molar-refractivity contribution in [3.05, 3.63) is 108 Å². The fourth-order valence-corrected chi connectivity index (χ4v) is 2.79. The zero-order chi connectivity index (χ0) is 21.4. The third kappa shape index (κ3) is 5.16. The Morgan fingerprint density at radius 1 is 0.533 bits per heavy atom. The van der Waals surface area contributed by atoms with Gasteiger partial charge in [0, 0.05) is 0 Å². The highest BCUT2D eigenvalue weighted by Gasteiger charge is 2.54. The minimum absolute atomic E-state index is 0.0895. The smallest absolute Gasteiger partial charge is 0.343 e. The molecule has 0 bridgehead atoms. The summed E-state index contributed by atoms with van der Waals surface area (Å²) in [6.07, 6.45) is 0. The van der Waals surface area contributed by atoms with Crippen LogP contribution in [0.25, 0.3) is 0 Å². The first-order chi connectivity index (χ1) is 14.5. The summed E-state index contributed by atoms with van der Waals surface area (Å²) in [7, 11) is -1.65. The van der Waals surface area contributed by atoms with Crippen LogP contribution < -0.4 is 0 Å². The lowest BCUT2D eigenvalue weighted by molar-refractivity contribution is -0.236. The summed E-state index contributed by atoms with van der Waals surface area (Å²) in [5.41, 5.74) is -2.49. The Labute approximate surface area is 173 Å². The van der Waals surface area contributed by atoms with Gasteiger partial charge in [-0.3, -0.25) is 0 Å². The number of rotatable bonds is 7. The topological polar surface area (TPSA) is 96.0 Å². The Morgan fingerprint density at radius 2 is 0.800 bits per heavy atom. The number of carbonyl (C=O) groups excluding carboxylic acids is 3. The van der Waals surface area contributed by atoms with E-state index < -0.39 is 32.1 Å². The molecule has 8 heteroatoms. The van der Waals surface area contributed by atoms with Crippen molar-refractivity contribution in [2.24, 2.45) is 0 Å². The van der Waals surface area contributed by atoms with Gasteiger partial charge in [-0.1, -0.05) is 59.2 Å².